The molecule has 0 aliphatic carbocycles. The lowest BCUT2D eigenvalue weighted by atomic mass is 10.1. The van der Waals surface area contributed by atoms with E-state index in [1.807, 2.05) is 12.1 Å². The molecular weight excluding hydrogens is 276 g/mol. The van der Waals surface area contributed by atoms with Crippen LogP contribution in [0.5, 0.6) is 0 Å². The third-order valence-corrected chi connectivity index (χ3v) is 5.61. The zero-order chi connectivity index (χ0) is 14.6. The summed E-state index contributed by atoms with van der Waals surface area (Å²) >= 11 is 0. The molecule has 0 amide bonds. The van der Waals surface area contributed by atoms with Crippen molar-refractivity contribution in [2.24, 2.45) is 5.73 Å². The summed E-state index contributed by atoms with van der Waals surface area (Å²) in [5.41, 5.74) is 6.58. The Morgan fingerprint density at radius 2 is 2.05 bits per heavy atom. The molecule has 0 spiro atoms. The van der Waals surface area contributed by atoms with E-state index in [0.717, 1.165) is 24.8 Å². The maximum atomic E-state index is 12.5. The van der Waals surface area contributed by atoms with Crippen LogP contribution in [0.1, 0.15) is 18.4 Å². The summed E-state index contributed by atoms with van der Waals surface area (Å²) < 4.78 is 31.7. The van der Waals surface area contributed by atoms with Crippen molar-refractivity contribution in [1.29, 1.82) is 0 Å². The van der Waals surface area contributed by atoms with Crippen LogP contribution >= 0.6 is 0 Å². The smallest absolute Gasteiger partial charge is 0.243 e. The van der Waals surface area contributed by atoms with Crippen molar-refractivity contribution in [2.75, 3.05) is 26.8 Å². The molecule has 0 radical (unpaired) electrons. The molecule has 0 saturated carbocycles. The van der Waals surface area contributed by atoms with Gasteiger partial charge in [-0.15, -0.1) is 0 Å². The second kappa shape index (κ2) is 6.67. The van der Waals surface area contributed by atoms with Gasteiger partial charge >= 0.3 is 0 Å². The standard InChI is InChI=1S/C14H22N2O3S/c1-16(13-8-10-19-11-13)20(17,18)14-6-4-12(5-7-14)3-2-9-15/h4-7,13H,2-3,8-11,15H2,1H3. The molecule has 2 rings (SSSR count). The highest BCUT2D eigenvalue weighted by Crippen LogP contribution is 2.21. The van der Waals surface area contributed by atoms with Crippen molar-refractivity contribution in [2.45, 2.75) is 30.2 Å². The molecule has 5 nitrogen and oxygen atoms in total. The molecular formula is C14H22N2O3S. The number of ether oxygens (including phenoxy) is 1. The van der Waals surface area contributed by atoms with Crippen LogP contribution in [-0.4, -0.2) is 45.6 Å². The fraction of sp³-hybridized carbons (Fsp3) is 0.571. The van der Waals surface area contributed by atoms with Crippen molar-refractivity contribution in [3.05, 3.63) is 29.8 Å². The Morgan fingerprint density at radius 3 is 2.60 bits per heavy atom. The van der Waals surface area contributed by atoms with Crippen LogP contribution in [0.4, 0.5) is 0 Å². The lowest BCUT2D eigenvalue weighted by Gasteiger charge is -2.22. The zero-order valence-corrected chi connectivity index (χ0v) is 12.6. The Hall–Kier alpha value is -0.950. The van der Waals surface area contributed by atoms with Crippen LogP contribution in [-0.2, 0) is 21.2 Å². The second-order valence-electron chi connectivity index (χ2n) is 5.07. The molecule has 20 heavy (non-hydrogen) atoms. The SMILES string of the molecule is CN(C1CCOC1)S(=O)(=O)c1ccc(CCCN)cc1. The Bertz CT molecular complexity index is 522. The van der Waals surface area contributed by atoms with E-state index in [-0.39, 0.29) is 6.04 Å². The van der Waals surface area contributed by atoms with Gasteiger partial charge in [0.15, 0.2) is 0 Å². The largest absolute Gasteiger partial charge is 0.380 e. The van der Waals surface area contributed by atoms with Crippen LogP contribution in [0.3, 0.4) is 0 Å². The van der Waals surface area contributed by atoms with Gasteiger partial charge in [0.1, 0.15) is 0 Å². The molecule has 1 heterocycles. The minimum Gasteiger partial charge on any atom is -0.380 e. The Balaban J connectivity index is 2.12. The summed E-state index contributed by atoms with van der Waals surface area (Å²) in [5, 5.41) is 0. The van der Waals surface area contributed by atoms with Gasteiger partial charge in [-0.3, -0.25) is 0 Å². The number of hydrogen-bond acceptors (Lipinski definition) is 4. The molecule has 0 aromatic heterocycles. The van der Waals surface area contributed by atoms with Gasteiger partial charge in [0.05, 0.1) is 17.5 Å². The highest BCUT2D eigenvalue weighted by atomic mass is 32.2. The van der Waals surface area contributed by atoms with Gasteiger partial charge in [0, 0.05) is 13.7 Å². The number of aryl methyl sites for hydroxylation is 1. The maximum absolute atomic E-state index is 12.5. The minimum atomic E-state index is -3.43. The normalized spacial score (nSPS) is 19.6. The summed E-state index contributed by atoms with van der Waals surface area (Å²) in [4.78, 5) is 0.336. The summed E-state index contributed by atoms with van der Waals surface area (Å²) in [5.74, 6) is 0. The first-order valence-electron chi connectivity index (χ1n) is 6.90. The van der Waals surface area contributed by atoms with E-state index < -0.39 is 10.0 Å². The summed E-state index contributed by atoms with van der Waals surface area (Å²) in [6.45, 7) is 1.75. The number of benzene rings is 1. The lowest BCUT2D eigenvalue weighted by molar-refractivity contribution is 0.181. The second-order valence-corrected chi connectivity index (χ2v) is 7.07. The highest BCUT2D eigenvalue weighted by molar-refractivity contribution is 7.89. The molecule has 1 aromatic carbocycles. The van der Waals surface area contributed by atoms with Gasteiger partial charge in [-0.05, 0) is 43.5 Å². The van der Waals surface area contributed by atoms with E-state index in [4.69, 9.17) is 10.5 Å². The maximum Gasteiger partial charge on any atom is 0.243 e. The molecule has 112 valence electrons. The first-order valence-corrected chi connectivity index (χ1v) is 8.34. The van der Waals surface area contributed by atoms with E-state index >= 15 is 0 Å². The third-order valence-electron chi connectivity index (χ3n) is 3.69. The van der Waals surface area contributed by atoms with Gasteiger partial charge in [-0.1, -0.05) is 12.1 Å². The number of sulfonamides is 1. The van der Waals surface area contributed by atoms with Crippen LogP contribution < -0.4 is 5.73 Å². The average molecular weight is 298 g/mol. The topological polar surface area (TPSA) is 72.6 Å². The van der Waals surface area contributed by atoms with Crippen LogP contribution in [0, 0.1) is 0 Å². The van der Waals surface area contributed by atoms with Gasteiger partial charge in [-0.25, -0.2) is 8.42 Å². The fourth-order valence-electron chi connectivity index (χ4n) is 2.31. The van der Waals surface area contributed by atoms with Gasteiger partial charge in [-0.2, -0.15) is 4.31 Å². The van der Waals surface area contributed by atoms with E-state index in [1.54, 1.807) is 19.2 Å². The fourth-order valence-corrected chi connectivity index (χ4v) is 3.68. The molecule has 1 aliphatic rings. The summed E-state index contributed by atoms with van der Waals surface area (Å²) in [6.07, 6.45) is 2.54. The molecule has 1 aromatic rings. The lowest BCUT2D eigenvalue weighted by Crippen LogP contribution is -2.37. The van der Waals surface area contributed by atoms with Gasteiger partial charge in [0.25, 0.3) is 0 Å². The van der Waals surface area contributed by atoms with Gasteiger partial charge < -0.3 is 10.5 Å². The van der Waals surface area contributed by atoms with Crippen molar-refractivity contribution >= 4 is 10.0 Å². The Labute approximate surface area is 120 Å². The molecule has 1 saturated heterocycles. The van der Waals surface area contributed by atoms with Gasteiger partial charge in [0.2, 0.25) is 10.0 Å². The van der Waals surface area contributed by atoms with Crippen molar-refractivity contribution in [3.63, 3.8) is 0 Å². The number of hydrogen-bond donors (Lipinski definition) is 1. The Morgan fingerprint density at radius 1 is 1.35 bits per heavy atom. The number of rotatable bonds is 6. The first-order chi connectivity index (χ1) is 9.55. The van der Waals surface area contributed by atoms with E-state index in [2.05, 4.69) is 0 Å². The Kier molecular flexibility index (Phi) is 5.15. The van der Waals surface area contributed by atoms with E-state index in [9.17, 15) is 8.42 Å². The van der Waals surface area contributed by atoms with Crippen molar-refractivity contribution in [3.8, 4) is 0 Å². The molecule has 6 heteroatoms. The monoisotopic (exact) mass is 298 g/mol. The molecule has 1 atom stereocenters. The number of likely N-dealkylation sites (N-methyl/N-ethyl adjacent to an activating group) is 1. The predicted octanol–water partition coefficient (Wildman–Crippen LogP) is 0.987. The zero-order valence-electron chi connectivity index (χ0n) is 11.8. The first kappa shape index (κ1) is 15.4. The van der Waals surface area contributed by atoms with Crippen molar-refractivity contribution < 1.29 is 13.2 Å². The van der Waals surface area contributed by atoms with Crippen LogP contribution in [0.25, 0.3) is 0 Å². The van der Waals surface area contributed by atoms with E-state index in [0.29, 0.717) is 24.7 Å². The predicted molar refractivity (Wildman–Crippen MR) is 78.0 cm³/mol. The third kappa shape index (κ3) is 3.38. The number of nitrogens with two attached hydrogens (primary N) is 1. The molecule has 0 bridgehead atoms. The minimum absolute atomic E-state index is 0.0584. The summed E-state index contributed by atoms with van der Waals surface area (Å²) in [6, 6.07) is 7.02. The van der Waals surface area contributed by atoms with Crippen LogP contribution in [0.15, 0.2) is 29.2 Å². The summed E-state index contributed by atoms with van der Waals surface area (Å²) in [7, 11) is -1.81. The molecule has 1 aliphatic heterocycles. The highest BCUT2D eigenvalue weighted by Gasteiger charge is 2.30. The molecule has 2 N–H and O–H groups in total. The molecule has 1 fully saturated rings. The quantitative estimate of drug-likeness (QED) is 0.850. The number of nitrogens with zero attached hydrogens (tertiary/aromatic N) is 1. The molecule has 1 unspecified atom stereocenters. The van der Waals surface area contributed by atoms with E-state index in [1.165, 1.54) is 4.31 Å². The van der Waals surface area contributed by atoms with Crippen molar-refractivity contribution in [1.82, 2.24) is 4.31 Å². The van der Waals surface area contributed by atoms with Crippen LogP contribution in [0.2, 0.25) is 0 Å². The average Bonchev–Trinajstić information content (AvgIpc) is 2.98.